The normalized spacial score (nSPS) is 11.0. The number of carbonyl (C=O) groups is 1. The lowest BCUT2D eigenvalue weighted by molar-refractivity contribution is 0.262. The number of halogens is 2. The van der Waals surface area contributed by atoms with Crippen LogP contribution < -0.4 is 10.6 Å². The zero-order valence-corrected chi connectivity index (χ0v) is 13.6. The first-order chi connectivity index (χ1) is 10.4. The van der Waals surface area contributed by atoms with Crippen LogP contribution in [0.2, 0.25) is 0 Å². The average molecular weight is 387 g/mol. The molecule has 0 aliphatic carbocycles. The third-order valence-corrected chi connectivity index (χ3v) is 4.18. The maximum Gasteiger partial charge on any atom is 0.332 e. The lowest BCUT2D eigenvalue weighted by atomic mass is 10.2. The Morgan fingerprint density at radius 3 is 2.23 bits per heavy atom. The van der Waals surface area contributed by atoms with E-state index in [0.717, 1.165) is 17.7 Å². The molecular formula is C14H12BrFN2O3S. The van der Waals surface area contributed by atoms with E-state index in [1.165, 1.54) is 12.1 Å². The Hall–Kier alpha value is -1.93. The third-order valence-electron chi connectivity index (χ3n) is 2.71. The van der Waals surface area contributed by atoms with Crippen molar-refractivity contribution in [2.24, 2.45) is 0 Å². The fourth-order valence-electron chi connectivity index (χ4n) is 1.75. The predicted molar refractivity (Wildman–Crippen MR) is 86.5 cm³/mol. The van der Waals surface area contributed by atoms with E-state index < -0.39 is 21.1 Å². The van der Waals surface area contributed by atoms with Gasteiger partial charge < -0.3 is 10.6 Å². The Labute approximate surface area is 135 Å². The summed E-state index contributed by atoms with van der Waals surface area (Å²) in [6.07, 6.45) is 0. The van der Waals surface area contributed by atoms with Gasteiger partial charge in [-0.2, -0.15) is 8.42 Å². The van der Waals surface area contributed by atoms with Gasteiger partial charge >= 0.3 is 16.3 Å². The molecule has 0 aliphatic rings. The minimum atomic E-state index is -4.81. The summed E-state index contributed by atoms with van der Waals surface area (Å²) in [5.74, 6) is 0. The van der Waals surface area contributed by atoms with Crippen molar-refractivity contribution < 1.29 is 17.1 Å². The highest BCUT2D eigenvalue weighted by Gasteiger charge is 2.12. The van der Waals surface area contributed by atoms with Crippen LogP contribution in [0.1, 0.15) is 5.56 Å². The highest BCUT2D eigenvalue weighted by Crippen LogP contribution is 2.18. The summed E-state index contributed by atoms with van der Waals surface area (Å²) < 4.78 is 34.6. The number of amides is 2. The summed E-state index contributed by atoms with van der Waals surface area (Å²) >= 11 is 3.32. The molecule has 0 spiro atoms. The number of hydrogen-bond acceptors (Lipinski definition) is 3. The summed E-state index contributed by atoms with van der Waals surface area (Å²) in [7, 11) is -4.81. The second kappa shape index (κ2) is 6.89. The molecule has 8 heteroatoms. The molecule has 0 aromatic heterocycles. The van der Waals surface area contributed by atoms with E-state index in [0.29, 0.717) is 11.0 Å². The molecule has 2 rings (SSSR count). The average Bonchev–Trinajstić information content (AvgIpc) is 2.46. The first-order valence-corrected chi connectivity index (χ1v) is 8.66. The number of rotatable bonds is 4. The standard InChI is InChI=1S/C14H12BrFN2O3S/c15-9-10-3-1-4-11(7-10)17-14(19)18-12-5-2-6-13(8-12)22(16,20)21/h1-8H,9H2,(H2,17,18,19). The van der Waals surface area contributed by atoms with Crippen LogP contribution in [0.5, 0.6) is 0 Å². The van der Waals surface area contributed by atoms with E-state index in [-0.39, 0.29) is 5.69 Å². The predicted octanol–water partition coefficient (Wildman–Crippen LogP) is 3.88. The molecule has 5 nitrogen and oxygen atoms in total. The van der Waals surface area contributed by atoms with E-state index in [1.807, 2.05) is 6.07 Å². The van der Waals surface area contributed by atoms with Crippen LogP contribution in [0.4, 0.5) is 20.1 Å². The molecule has 0 bridgehead atoms. The zero-order valence-electron chi connectivity index (χ0n) is 11.2. The van der Waals surface area contributed by atoms with Gasteiger partial charge in [0.05, 0.1) is 0 Å². The zero-order chi connectivity index (χ0) is 16.2. The molecule has 0 saturated carbocycles. The van der Waals surface area contributed by atoms with Crippen molar-refractivity contribution in [3.63, 3.8) is 0 Å². The number of urea groups is 1. The smallest absolute Gasteiger partial charge is 0.308 e. The van der Waals surface area contributed by atoms with Gasteiger partial charge in [0.15, 0.2) is 0 Å². The summed E-state index contributed by atoms with van der Waals surface area (Å²) in [6, 6.07) is 11.6. The maximum absolute atomic E-state index is 12.9. The van der Waals surface area contributed by atoms with Gasteiger partial charge in [-0.25, -0.2) is 4.79 Å². The van der Waals surface area contributed by atoms with Crippen molar-refractivity contribution in [2.45, 2.75) is 10.2 Å². The highest BCUT2D eigenvalue weighted by molar-refractivity contribution is 9.08. The Morgan fingerprint density at radius 2 is 1.64 bits per heavy atom. The number of hydrogen-bond donors (Lipinski definition) is 2. The SMILES string of the molecule is O=C(Nc1cccc(CBr)c1)Nc1cccc(S(=O)(=O)F)c1. The fraction of sp³-hybridized carbons (Fsp3) is 0.0714. The van der Waals surface area contributed by atoms with E-state index in [2.05, 4.69) is 26.6 Å². The summed E-state index contributed by atoms with van der Waals surface area (Å²) in [4.78, 5) is 11.4. The summed E-state index contributed by atoms with van der Waals surface area (Å²) in [6.45, 7) is 0. The van der Waals surface area contributed by atoms with Gasteiger partial charge in [0, 0.05) is 16.7 Å². The summed E-state index contributed by atoms with van der Waals surface area (Å²) in [5, 5.41) is 5.71. The monoisotopic (exact) mass is 386 g/mol. The molecule has 0 radical (unpaired) electrons. The van der Waals surface area contributed by atoms with Crippen LogP contribution in [-0.4, -0.2) is 14.4 Å². The van der Waals surface area contributed by atoms with E-state index in [9.17, 15) is 17.1 Å². The largest absolute Gasteiger partial charge is 0.332 e. The minimum Gasteiger partial charge on any atom is -0.308 e. The van der Waals surface area contributed by atoms with Gasteiger partial charge in [0.25, 0.3) is 0 Å². The molecule has 0 fully saturated rings. The third kappa shape index (κ3) is 4.54. The van der Waals surface area contributed by atoms with Gasteiger partial charge in [-0.3, -0.25) is 0 Å². The topological polar surface area (TPSA) is 75.3 Å². The van der Waals surface area contributed by atoms with Gasteiger partial charge in [0.1, 0.15) is 4.90 Å². The number of carbonyl (C=O) groups excluding carboxylic acids is 1. The Kier molecular flexibility index (Phi) is 5.15. The second-order valence-corrected chi connectivity index (χ2v) is 6.29. The van der Waals surface area contributed by atoms with Crippen molar-refractivity contribution in [1.29, 1.82) is 0 Å². The molecule has 2 aromatic carbocycles. The molecule has 2 N–H and O–H groups in total. The lowest BCUT2D eigenvalue weighted by Gasteiger charge is -2.09. The second-order valence-electron chi connectivity index (χ2n) is 4.38. The minimum absolute atomic E-state index is 0.174. The summed E-state index contributed by atoms with van der Waals surface area (Å²) in [5.41, 5.74) is 1.75. The Balaban J connectivity index is 2.09. The van der Waals surface area contributed by atoms with Crippen molar-refractivity contribution in [2.75, 3.05) is 10.6 Å². The first-order valence-electron chi connectivity index (χ1n) is 6.16. The maximum atomic E-state index is 12.9. The number of benzene rings is 2. The lowest BCUT2D eigenvalue weighted by Crippen LogP contribution is -2.19. The van der Waals surface area contributed by atoms with Crippen molar-refractivity contribution in [3.8, 4) is 0 Å². The van der Waals surface area contributed by atoms with Gasteiger partial charge in [-0.1, -0.05) is 34.1 Å². The van der Waals surface area contributed by atoms with Gasteiger partial charge in [-0.15, -0.1) is 3.89 Å². The molecule has 2 aromatic rings. The van der Waals surface area contributed by atoms with Crippen LogP contribution in [-0.2, 0) is 15.6 Å². The molecular weight excluding hydrogens is 375 g/mol. The fourth-order valence-corrected chi connectivity index (χ4v) is 2.61. The Morgan fingerprint density at radius 1 is 1.05 bits per heavy atom. The number of anilines is 2. The number of nitrogens with one attached hydrogen (secondary N) is 2. The molecule has 0 atom stereocenters. The van der Waals surface area contributed by atoms with Crippen LogP contribution >= 0.6 is 15.9 Å². The van der Waals surface area contributed by atoms with Crippen molar-refractivity contribution in [1.82, 2.24) is 0 Å². The molecule has 0 saturated heterocycles. The van der Waals surface area contributed by atoms with Gasteiger partial charge in [-0.05, 0) is 35.9 Å². The quantitative estimate of drug-likeness (QED) is 0.618. The van der Waals surface area contributed by atoms with Gasteiger partial charge in [0.2, 0.25) is 0 Å². The first kappa shape index (κ1) is 16.4. The van der Waals surface area contributed by atoms with Crippen molar-refractivity contribution >= 4 is 43.6 Å². The van der Waals surface area contributed by atoms with Crippen LogP contribution in [0, 0.1) is 0 Å². The molecule has 22 heavy (non-hydrogen) atoms. The van der Waals surface area contributed by atoms with Crippen LogP contribution in [0.15, 0.2) is 53.4 Å². The van der Waals surface area contributed by atoms with Crippen LogP contribution in [0.3, 0.4) is 0 Å². The molecule has 0 unspecified atom stereocenters. The molecule has 0 aliphatic heterocycles. The van der Waals surface area contributed by atoms with E-state index >= 15 is 0 Å². The van der Waals surface area contributed by atoms with E-state index in [1.54, 1.807) is 18.2 Å². The molecule has 116 valence electrons. The highest BCUT2D eigenvalue weighted by atomic mass is 79.9. The molecule has 2 amide bonds. The van der Waals surface area contributed by atoms with Crippen LogP contribution in [0.25, 0.3) is 0 Å². The molecule has 0 heterocycles. The van der Waals surface area contributed by atoms with E-state index in [4.69, 9.17) is 0 Å². The number of alkyl halides is 1. The van der Waals surface area contributed by atoms with Crippen molar-refractivity contribution in [3.05, 3.63) is 54.1 Å². The Bertz CT molecular complexity index is 796.